The van der Waals surface area contributed by atoms with Gasteiger partial charge in [0.2, 0.25) is 0 Å². The van der Waals surface area contributed by atoms with Crippen LogP contribution in [0.25, 0.3) is 10.2 Å². The molecule has 3 N–H and O–H groups in total. The van der Waals surface area contributed by atoms with Crippen molar-refractivity contribution in [3.8, 4) is 5.75 Å². The van der Waals surface area contributed by atoms with Crippen LogP contribution in [0.4, 0.5) is 11.4 Å². The van der Waals surface area contributed by atoms with E-state index < -0.39 is 0 Å². The number of amides is 1. The van der Waals surface area contributed by atoms with Gasteiger partial charge in [0, 0.05) is 16.8 Å². The minimum Gasteiger partial charge on any atom is -0.494 e. The molecule has 3 aromatic rings. The Balaban J connectivity index is 1.59. The zero-order valence-electron chi connectivity index (χ0n) is 18.7. The average Bonchev–Trinajstić information content (AvgIpc) is 3.09. The quantitative estimate of drug-likeness (QED) is 0.490. The lowest BCUT2D eigenvalue weighted by Crippen LogP contribution is -2.29. The molecule has 0 spiro atoms. The summed E-state index contributed by atoms with van der Waals surface area (Å²) in [6, 6.07) is 9.53. The molecule has 0 saturated carbocycles. The van der Waals surface area contributed by atoms with Crippen LogP contribution in [0.2, 0.25) is 0 Å². The molecule has 1 aliphatic carbocycles. The average molecular weight is 438 g/mol. The van der Waals surface area contributed by atoms with Crippen LogP contribution in [0.5, 0.6) is 5.75 Å². The molecule has 0 radical (unpaired) electrons. The van der Waals surface area contributed by atoms with E-state index in [0.717, 1.165) is 40.9 Å². The number of aryl methyl sites for hydroxylation is 1. The summed E-state index contributed by atoms with van der Waals surface area (Å²) >= 11 is 1.37. The number of carbonyl (C=O) groups is 1. The predicted molar refractivity (Wildman–Crippen MR) is 129 cm³/mol. The van der Waals surface area contributed by atoms with Gasteiger partial charge in [-0.05, 0) is 73.4 Å². The SMILES string of the molecule is CCOc1ccc(NC(=O)c2sc3nc4c(cc3c2N)CC(C(C)(C)CC)CC4)cc1. The molecule has 1 aromatic carbocycles. The van der Waals surface area contributed by atoms with E-state index in [9.17, 15) is 4.79 Å². The van der Waals surface area contributed by atoms with Gasteiger partial charge >= 0.3 is 0 Å². The van der Waals surface area contributed by atoms with Crippen LogP contribution in [0.15, 0.2) is 30.3 Å². The standard InChI is InChI=1S/C25H31N3O2S/c1-5-25(3,4)16-7-12-20-15(13-16)14-19-21(26)22(31-24(19)28-20)23(29)27-17-8-10-18(11-9-17)30-6-2/h8-11,14,16H,5-7,12-13,26H2,1-4H3,(H,27,29). The number of hydrogen-bond donors (Lipinski definition) is 2. The van der Waals surface area contributed by atoms with Crippen LogP contribution in [-0.4, -0.2) is 17.5 Å². The number of hydrogen-bond acceptors (Lipinski definition) is 5. The van der Waals surface area contributed by atoms with Gasteiger partial charge in [-0.2, -0.15) is 0 Å². The Kier molecular flexibility index (Phi) is 5.93. The van der Waals surface area contributed by atoms with E-state index in [-0.39, 0.29) is 5.91 Å². The number of anilines is 2. The van der Waals surface area contributed by atoms with E-state index in [0.29, 0.717) is 34.2 Å². The van der Waals surface area contributed by atoms with Crippen molar-refractivity contribution >= 4 is 38.8 Å². The molecule has 164 valence electrons. The third kappa shape index (κ3) is 4.26. The number of pyridine rings is 1. The Hall–Kier alpha value is -2.60. The molecular formula is C25H31N3O2S. The molecule has 2 aromatic heterocycles. The molecule has 1 atom stereocenters. The van der Waals surface area contributed by atoms with E-state index in [1.807, 2.05) is 31.2 Å². The van der Waals surface area contributed by atoms with Gasteiger partial charge in [0.05, 0.1) is 12.3 Å². The second kappa shape index (κ2) is 8.50. The van der Waals surface area contributed by atoms with Gasteiger partial charge in [-0.25, -0.2) is 4.98 Å². The number of rotatable bonds is 6. The zero-order valence-corrected chi connectivity index (χ0v) is 19.6. The number of carbonyl (C=O) groups excluding carboxylic acids is 1. The van der Waals surface area contributed by atoms with Gasteiger partial charge in [0.25, 0.3) is 5.91 Å². The molecule has 0 fully saturated rings. The summed E-state index contributed by atoms with van der Waals surface area (Å²) in [5.74, 6) is 1.22. The molecule has 6 heteroatoms. The Morgan fingerprint density at radius 3 is 2.71 bits per heavy atom. The molecule has 1 aliphatic rings. The fraction of sp³-hybridized carbons (Fsp3) is 0.440. The first-order valence-corrected chi connectivity index (χ1v) is 11.9. The summed E-state index contributed by atoms with van der Waals surface area (Å²) in [5.41, 5.74) is 10.4. The molecule has 1 unspecified atom stereocenters. The molecule has 1 amide bonds. The van der Waals surface area contributed by atoms with Crippen LogP contribution < -0.4 is 15.8 Å². The maximum atomic E-state index is 12.9. The monoisotopic (exact) mass is 437 g/mol. The van der Waals surface area contributed by atoms with E-state index >= 15 is 0 Å². The highest BCUT2D eigenvalue weighted by atomic mass is 32.1. The normalized spacial score (nSPS) is 16.2. The van der Waals surface area contributed by atoms with Crippen molar-refractivity contribution in [2.75, 3.05) is 17.7 Å². The van der Waals surface area contributed by atoms with Crippen LogP contribution in [-0.2, 0) is 12.8 Å². The van der Waals surface area contributed by atoms with Gasteiger partial charge < -0.3 is 15.8 Å². The summed E-state index contributed by atoms with van der Waals surface area (Å²) < 4.78 is 5.45. The summed E-state index contributed by atoms with van der Waals surface area (Å²) in [6.07, 6.45) is 4.35. The minimum atomic E-state index is -0.201. The second-order valence-electron chi connectivity index (χ2n) is 8.99. The summed E-state index contributed by atoms with van der Waals surface area (Å²) in [6.45, 7) is 9.53. The Morgan fingerprint density at radius 1 is 1.29 bits per heavy atom. The molecule has 0 bridgehead atoms. The highest BCUT2D eigenvalue weighted by Crippen LogP contribution is 2.42. The number of nitrogens with zero attached hydrogens (tertiary/aromatic N) is 1. The summed E-state index contributed by atoms with van der Waals surface area (Å²) in [4.78, 5) is 19.2. The largest absolute Gasteiger partial charge is 0.494 e. The van der Waals surface area contributed by atoms with Crippen LogP contribution in [0.1, 0.15) is 61.5 Å². The molecule has 5 nitrogen and oxygen atoms in total. The van der Waals surface area contributed by atoms with E-state index in [1.54, 1.807) is 0 Å². The van der Waals surface area contributed by atoms with Crippen molar-refractivity contribution in [2.24, 2.45) is 11.3 Å². The predicted octanol–water partition coefficient (Wildman–Crippen LogP) is 6.07. The number of ether oxygens (including phenoxy) is 1. The lowest BCUT2D eigenvalue weighted by atomic mass is 9.69. The van der Waals surface area contributed by atoms with Crippen molar-refractivity contribution in [1.82, 2.24) is 4.98 Å². The highest BCUT2D eigenvalue weighted by molar-refractivity contribution is 7.21. The van der Waals surface area contributed by atoms with Gasteiger partial charge in [-0.3, -0.25) is 4.79 Å². The van der Waals surface area contributed by atoms with Crippen molar-refractivity contribution < 1.29 is 9.53 Å². The number of nitrogen functional groups attached to an aromatic ring is 1. The fourth-order valence-electron chi connectivity index (χ4n) is 4.30. The molecule has 0 aliphatic heterocycles. The molecule has 31 heavy (non-hydrogen) atoms. The number of fused-ring (bicyclic) bond motifs is 2. The number of aromatic nitrogens is 1. The highest BCUT2D eigenvalue weighted by Gasteiger charge is 2.32. The molecular weight excluding hydrogens is 406 g/mol. The topological polar surface area (TPSA) is 77.2 Å². The minimum absolute atomic E-state index is 0.201. The van der Waals surface area contributed by atoms with E-state index in [1.165, 1.54) is 23.3 Å². The molecule has 0 saturated heterocycles. The van der Waals surface area contributed by atoms with Gasteiger partial charge in [0.1, 0.15) is 15.5 Å². The number of thiophene rings is 1. The lowest BCUT2D eigenvalue weighted by Gasteiger charge is -2.36. The van der Waals surface area contributed by atoms with Gasteiger partial charge in [0.15, 0.2) is 0 Å². The molecule has 2 heterocycles. The summed E-state index contributed by atoms with van der Waals surface area (Å²) in [7, 11) is 0. The van der Waals surface area contributed by atoms with Gasteiger partial charge in [-0.1, -0.05) is 27.2 Å². The van der Waals surface area contributed by atoms with E-state index in [4.69, 9.17) is 15.5 Å². The number of benzene rings is 1. The van der Waals surface area contributed by atoms with Crippen molar-refractivity contribution in [2.45, 2.75) is 53.4 Å². The Morgan fingerprint density at radius 2 is 2.03 bits per heavy atom. The second-order valence-corrected chi connectivity index (χ2v) is 9.98. The lowest BCUT2D eigenvalue weighted by molar-refractivity contribution is 0.103. The number of nitrogens with two attached hydrogens (primary N) is 1. The Labute approximate surface area is 188 Å². The van der Waals surface area contributed by atoms with Crippen molar-refractivity contribution in [3.63, 3.8) is 0 Å². The summed E-state index contributed by atoms with van der Waals surface area (Å²) in [5, 5.41) is 3.84. The first kappa shape index (κ1) is 21.6. The van der Waals surface area contributed by atoms with Crippen molar-refractivity contribution in [3.05, 3.63) is 46.5 Å². The number of nitrogens with one attached hydrogen (secondary N) is 1. The maximum Gasteiger partial charge on any atom is 0.267 e. The van der Waals surface area contributed by atoms with Gasteiger partial charge in [-0.15, -0.1) is 11.3 Å². The fourth-order valence-corrected chi connectivity index (χ4v) is 5.30. The van der Waals surface area contributed by atoms with Crippen molar-refractivity contribution in [1.29, 1.82) is 0 Å². The Bertz CT molecular complexity index is 1100. The van der Waals surface area contributed by atoms with E-state index in [2.05, 4.69) is 32.2 Å². The third-order valence-electron chi connectivity index (χ3n) is 6.73. The zero-order chi connectivity index (χ0) is 22.2. The first-order valence-electron chi connectivity index (χ1n) is 11.1. The smallest absolute Gasteiger partial charge is 0.267 e. The van der Waals surface area contributed by atoms with Crippen LogP contribution in [0, 0.1) is 11.3 Å². The maximum absolute atomic E-state index is 12.9. The van der Waals surface area contributed by atoms with Crippen LogP contribution >= 0.6 is 11.3 Å². The molecule has 4 rings (SSSR count). The first-order chi connectivity index (χ1) is 14.8. The third-order valence-corrected chi connectivity index (χ3v) is 7.85. The van der Waals surface area contributed by atoms with Crippen LogP contribution in [0.3, 0.4) is 0 Å².